The van der Waals surface area contributed by atoms with E-state index in [4.69, 9.17) is 12.2 Å². The number of hydrogen-bond donors (Lipinski definition) is 2. The van der Waals surface area contributed by atoms with Gasteiger partial charge in [-0.05, 0) is 6.42 Å². The number of carbonyl (C=O) groups excluding carboxylic acids is 1. The first-order valence-corrected chi connectivity index (χ1v) is 3.20. The third kappa shape index (κ3) is 3.10. The SMILES string of the molecule is C#CC(CC)NC(=O)CN. The quantitative estimate of drug-likeness (QED) is 0.518. The normalized spacial score (nSPS) is 11.7. The number of rotatable bonds is 3. The third-order valence-corrected chi connectivity index (χ3v) is 1.13. The monoisotopic (exact) mass is 140 g/mol. The molecule has 0 spiro atoms. The average molecular weight is 140 g/mol. The molecule has 0 rings (SSSR count). The summed E-state index contributed by atoms with van der Waals surface area (Å²) in [6, 6.07) is -0.170. The van der Waals surface area contributed by atoms with Gasteiger partial charge in [-0.25, -0.2) is 0 Å². The van der Waals surface area contributed by atoms with Gasteiger partial charge in [-0.2, -0.15) is 0 Å². The molecule has 3 N–H and O–H groups in total. The highest BCUT2D eigenvalue weighted by molar-refractivity contribution is 5.78. The van der Waals surface area contributed by atoms with Crippen molar-refractivity contribution in [3.63, 3.8) is 0 Å². The molecule has 1 atom stereocenters. The lowest BCUT2D eigenvalue weighted by molar-refractivity contribution is -0.120. The highest BCUT2D eigenvalue weighted by Crippen LogP contribution is 1.85. The second-order valence-corrected chi connectivity index (χ2v) is 1.90. The molecule has 10 heavy (non-hydrogen) atoms. The fourth-order valence-electron chi connectivity index (χ4n) is 0.515. The van der Waals surface area contributed by atoms with Crippen LogP contribution >= 0.6 is 0 Å². The minimum absolute atomic E-state index is 0.00181. The Bertz CT molecular complexity index is 148. The average Bonchev–Trinajstić information content (AvgIpc) is 1.99. The van der Waals surface area contributed by atoms with E-state index >= 15 is 0 Å². The Labute approximate surface area is 61.0 Å². The summed E-state index contributed by atoms with van der Waals surface area (Å²) in [6.45, 7) is 1.90. The van der Waals surface area contributed by atoms with Crippen LogP contribution in [0.25, 0.3) is 0 Å². The Kier molecular flexibility index (Phi) is 4.34. The third-order valence-electron chi connectivity index (χ3n) is 1.13. The van der Waals surface area contributed by atoms with Crippen molar-refractivity contribution in [3.8, 4) is 12.3 Å². The molecule has 1 unspecified atom stereocenters. The first kappa shape index (κ1) is 8.99. The second kappa shape index (κ2) is 4.83. The van der Waals surface area contributed by atoms with Crippen molar-refractivity contribution in [2.45, 2.75) is 19.4 Å². The van der Waals surface area contributed by atoms with Crippen molar-refractivity contribution in [2.75, 3.05) is 6.54 Å². The van der Waals surface area contributed by atoms with E-state index in [1.54, 1.807) is 0 Å². The number of hydrogen-bond acceptors (Lipinski definition) is 2. The van der Waals surface area contributed by atoms with Crippen LogP contribution in [-0.4, -0.2) is 18.5 Å². The van der Waals surface area contributed by atoms with Crippen molar-refractivity contribution in [3.05, 3.63) is 0 Å². The lowest BCUT2D eigenvalue weighted by Gasteiger charge is -2.08. The molecule has 0 aliphatic heterocycles. The van der Waals surface area contributed by atoms with Gasteiger partial charge in [-0.1, -0.05) is 12.8 Å². The summed E-state index contributed by atoms with van der Waals surface area (Å²) in [5.74, 6) is 2.23. The van der Waals surface area contributed by atoms with Gasteiger partial charge in [-0.15, -0.1) is 6.42 Å². The topological polar surface area (TPSA) is 55.1 Å². The fraction of sp³-hybridized carbons (Fsp3) is 0.571. The van der Waals surface area contributed by atoms with Crippen molar-refractivity contribution < 1.29 is 4.79 Å². The molecule has 0 heterocycles. The summed E-state index contributed by atoms with van der Waals surface area (Å²) in [5.41, 5.74) is 5.05. The van der Waals surface area contributed by atoms with Crippen molar-refractivity contribution in [2.24, 2.45) is 5.73 Å². The van der Waals surface area contributed by atoms with E-state index in [-0.39, 0.29) is 18.5 Å². The molecule has 56 valence electrons. The maximum Gasteiger partial charge on any atom is 0.234 e. The molecule has 0 aromatic heterocycles. The fourth-order valence-corrected chi connectivity index (χ4v) is 0.515. The first-order chi connectivity index (χ1) is 4.74. The Hall–Kier alpha value is -1.01. The number of nitrogens with two attached hydrogens (primary N) is 1. The molecule has 1 amide bonds. The van der Waals surface area contributed by atoms with Gasteiger partial charge in [0.2, 0.25) is 5.91 Å². The minimum Gasteiger partial charge on any atom is -0.341 e. The van der Waals surface area contributed by atoms with Crippen LogP contribution in [0.5, 0.6) is 0 Å². The Morgan fingerprint density at radius 1 is 1.90 bits per heavy atom. The van der Waals surface area contributed by atoms with Crippen LogP contribution in [-0.2, 0) is 4.79 Å². The van der Waals surface area contributed by atoms with Gasteiger partial charge in [-0.3, -0.25) is 4.79 Å². The van der Waals surface area contributed by atoms with Gasteiger partial charge in [0.05, 0.1) is 12.6 Å². The van der Waals surface area contributed by atoms with Crippen molar-refractivity contribution in [1.82, 2.24) is 5.32 Å². The predicted molar refractivity (Wildman–Crippen MR) is 40.1 cm³/mol. The van der Waals surface area contributed by atoms with E-state index in [0.29, 0.717) is 0 Å². The van der Waals surface area contributed by atoms with Gasteiger partial charge < -0.3 is 11.1 Å². The highest BCUT2D eigenvalue weighted by Gasteiger charge is 2.03. The summed E-state index contributed by atoms with van der Waals surface area (Å²) in [5, 5.41) is 2.57. The molecule has 0 aromatic rings. The largest absolute Gasteiger partial charge is 0.341 e. The number of nitrogens with one attached hydrogen (secondary N) is 1. The van der Waals surface area contributed by atoms with Gasteiger partial charge in [0, 0.05) is 0 Å². The molecule has 3 heteroatoms. The van der Waals surface area contributed by atoms with Crippen LogP contribution in [0.1, 0.15) is 13.3 Å². The van der Waals surface area contributed by atoms with Crippen molar-refractivity contribution in [1.29, 1.82) is 0 Å². The molecule has 0 radical (unpaired) electrons. The van der Waals surface area contributed by atoms with Gasteiger partial charge in [0.15, 0.2) is 0 Å². The zero-order chi connectivity index (χ0) is 7.98. The lowest BCUT2D eigenvalue weighted by Crippen LogP contribution is -2.37. The molecule has 0 fully saturated rings. The molecule has 0 saturated heterocycles. The summed E-state index contributed by atoms with van der Waals surface area (Å²) in [7, 11) is 0. The summed E-state index contributed by atoms with van der Waals surface area (Å²) in [4.78, 5) is 10.6. The number of terminal acetylenes is 1. The maximum atomic E-state index is 10.6. The maximum absolute atomic E-state index is 10.6. The molecular weight excluding hydrogens is 128 g/mol. The van der Waals surface area contributed by atoms with Crippen LogP contribution in [0.3, 0.4) is 0 Å². The minimum atomic E-state index is -0.204. The van der Waals surface area contributed by atoms with Crippen LogP contribution in [0, 0.1) is 12.3 Å². The van der Waals surface area contributed by atoms with Crippen LogP contribution in [0.15, 0.2) is 0 Å². The molecule has 0 saturated carbocycles. The molecule has 0 aromatic carbocycles. The molecule has 0 aliphatic carbocycles. The second-order valence-electron chi connectivity index (χ2n) is 1.90. The van der Waals surface area contributed by atoms with E-state index in [0.717, 1.165) is 6.42 Å². The van der Waals surface area contributed by atoms with Crippen LogP contribution < -0.4 is 11.1 Å². The van der Waals surface area contributed by atoms with Crippen LogP contribution in [0.2, 0.25) is 0 Å². The Balaban J connectivity index is 3.66. The van der Waals surface area contributed by atoms with Gasteiger partial charge >= 0.3 is 0 Å². The van der Waals surface area contributed by atoms with Crippen LogP contribution in [0.4, 0.5) is 0 Å². The predicted octanol–water partition coefficient (Wildman–Crippen LogP) is -0.527. The molecular formula is C7H12N2O. The standard InChI is InChI=1S/C7H12N2O/c1-3-6(4-2)9-7(10)5-8/h1,6H,4-5,8H2,2H3,(H,9,10). The smallest absolute Gasteiger partial charge is 0.234 e. The van der Waals surface area contributed by atoms with E-state index in [2.05, 4.69) is 11.2 Å². The highest BCUT2D eigenvalue weighted by atomic mass is 16.1. The van der Waals surface area contributed by atoms with E-state index in [9.17, 15) is 4.79 Å². The number of carbonyl (C=O) groups is 1. The molecule has 0 bridgehead atoms. The van der Waals surface area contributed by atoms with E-state index in [1.165, 1.54) is 0 Å². The Morgan fingerprint density at radius 2 is 2.50 bits per heavy atom. The summed E-state index contributed by atoms with van der Waals surface area (Å²) >= 11 is 0. The van der Waals surface area contributed by atoms with Crippen molar-refractivity contribution >= 4 is 5.91 Å². The lowest BCUT2D eigenvalue weighted by atomic mass is 10.2. The summed E-state index contributed by atoms with van der Waals surface area (Å²) < 4.78 is 0. The summed E-state index contributed by atoms with van der Waals surface area (Å²) in [6.07, 6.45) is 5.82. The first-order valence-electron chi connectivity index (χ1n) is 3.20. The molecule has 0 aliphatic rings. The van der Waals surface area contributed by atoms with E-state index in [1.807, 2.05) is 6.92 Å². The zero-order valence-corrected chi connectivity index (χ0v) is 6.05. The van der Waals surface area contributed by atoms with E-state index < -0.39 is 0 Å². The van der Waals surface area contributed by atoms with Gasteiger partial charge in [0.1, 0.15) is 0 Å². The zero-order valence-electron chi connectivity index (χ0n) is 6.05. The molecule has 3 nitrogen and oxygen atoms in total. The Morgan fingerprint density at radius 3 is 2.80 bits per heavy atom. The number of amides is 1. The van der Waals surface area contributed by atoms with Gasteiger partial charge in [0.25, 0.3) is 0 Å².